The predicted octanol–water partition coefficient (Wildman–Crippen LogP) is 5.33. The van der Waals surface area contributed by atoms with Crippen LogP contribution < -0.4 is 4.74 Å². The summed E-state index contributed by atoms with van der Waals surface area (Å²) in [6.07, 6.45) is 4.84. The quantitative estimate of drug-likeness (QED) is 0.445. The Morgan fingerprint density at radius 1 is 1.22 bits per heavy atom. The molecule has 0 spiro atoms. The van der Waals surface area contributed by atoms with Gasteiger partial charge >= 0.3 is 5.97 Å². The molecule has 0 atom stereocenters. The maximum absolute atomic E-state index is 12.5. The third kappa shape index (κ3) is 3.23. The maximum Gasteiger partial charge on any atom is 0.341 e. The van der Waals surface area contributed by atoms with Gasteiger partial charge in [-0.05, 0) is 48.6 Å². The first kappa shape index (κ1) is 17.7. The van der Waals surface area contributed by atoms with E-state index in [1.54, 1.807) is 18.4 Å². The van der Waals surface area contributed by atoms with E-state index in [1.165, 1.54) is 4.88 Å². The number of aryl methyl sites for hydroxylation is 1. The summed E-state index contributed by atoms with van der Waals surface area (Å²) in [6.45, 7) is 2.19. The van der Waals surface area contributed by atoms with E-state index in [0.717, 1.165) is 51.9 Å². The molecule has 0 bridgehead atoms. The van der Waals surface area contributed by atoms with Gasteiger partial charge in [0, 0.05) is 16.7 Å². The van der Waals surface area contributed by atoms with E-state index in [2.05, 4.69) is 12.1 Å². The fourth-order valence-electron chi connectivity index (χ4n) is 3.60. The summed E-state index contributed by atoms with van der Waals surface area (Å²) >= 11 is 1.60. The number of ether oxygens (including phenoxy) is 2. The minimum absolute atomic E-state index is 0.270. The highest BCUT2D eigenvalue weighted by Crippen LogP contribution is 2.41. The maximum atomic E-state index is 12.5. The van der Waals surface area contributed by atoms with Crippen LogP contribution in [0.2, 0.25) is 0 Å². The van der Waals surface area contributed by atoms with Gasteiger partial charge in [0.1, 0.15) is 10.8 Å². The van der Waals surface area contributed by atoms with Crippen molar-refractivity contribution >= 4 is 39.3 Å². The zero-order chi connectivity index (χ0) is 18.8. The van der Waals surface area contributed by atoms with Crippen molar-refractivity contribution in [3.63, 3.8) is 0 Å². The van der Waals surface area contributed by atoms with Gasteiger partial charge in [0.2, 0.25) is 0 Å². The number of thiophene rings is 1. The summed E-state index contributed by atoms with van der Waals surface area (Å²) < 4.78 is 10.8. The van der Waals surface area contributed by atoms with Gasteiger partial charge < -0.3 is 9.47 Å². The Labute approximate surface area is 162 Å². The topological polar surface area (TPSA) is 47.9 Å². The third-order valence-electron chi connectivity index (χ3n) is 4.84. The van der Waals surface area contributed by atoms with Crippen molar-refractivity contribution in [2.45, 2.75) is 26.2 Å². The normalized spacial score (nSPS) is 13.3. The van der Waals surface area contributed by atoms with E-state index in [-0.39, 0.29) is 5.97 Å². The standard InChI is InChI=1S/C22H21NO3S/c1-3-26-22(24)20-16-9-6-10-19(16)27-21(20)23-13-17-15-8-5-4-7-14(15)11-12-18(17)25-2/h4-5,7-8,11-13H,3,6,9-10H2,1-2H3. The summed E-state index contributed by atoms with van der Waals surface area (Å²) in [5.74, 6) is 0.494. The molecule has 4 nitrogen and oxygen atoms in total. The molecule has 0 amide bonds. The highest BCUT2D eigenvalue weighted by Gasteiger charge is 2.27. The second kappa shape index (κ2) is 7.53. The minimum Gasteiger partial charge on any atom is -0.496 e. The second-order valence-corrected chi connectivity index (χ2v) is 7.50. The van der Waals surface area contributed by atoms with Crippen LogP contribution in [0, 0.1) is 0 Å². The number of hydrogen-bond donors (Lipinski definition) is 0. The summed E-state index contributed by atoms with van der Waals surface area (Å²) in [4.78, 5) is 18.5. The Morgan fingerprint density at radius 2 is 2.07 bits per heavy atom. The number of methoxy groups -OCH3 is 1. The largest absolute Gasteiger partial charge is 0.496 e. The molecule has 0 N–H and O–H groups in total. The molecular formula is C22H21NO3S. The molecule has 0 unspecified atom stereocenters. The lowest BCUT2D eigenvalue weighted by atomic mass is 10.0. The molecule has 3 aromatic rings. The van der Waals surface area contributed by atoms with Crippen molar-refractivity contribution in [1.29, 1.82) is 0 Å². The average molecular weight is 379 g/mol. The summed E-state index contributed by atoms with van der Waals surface area (Å²) in [6, 6.07) is 12.1. The Balaban J connectivity index is 1.81. The lowest BCUT2D eigenvalue weighted by Gasteiger charge is -2.08. The average Bonchev–Trinajstić information content (AvgIpc) is 3.26. The first-order chi connectivity index (χ1) is 13.2. The molecule has 5 heteroatoms. The smallest absolute Gasteiger partial charge is 0.341 e. The van der Waals surface area contributed by atoms with Gasteiger partial charge in [-0.2, -0.15) is 0 Å². The Bertz CT molecular complexity index is 1040. The number of aliphatic imine (C=N–C) groups is 1. The fraction of sp³-hybridized carbons (Fsp3) is 0.273. The highest BCUT2D eigenvalue weighted by molar-refractivity contribution is 7.16. The number of fused-ring (bicyclic) bond motifs is 2. The van der Waals surface area contributed by atoms with Crippen LogP contribution in [0.25, 0.3) is 10.8 Å². The van der Waals surface area contributed by atoms with Gasteiger partial charge in [-0.15, -0.1) is 11.3 Å². The molecule has 0 fully saturated rings. The monoisotopic (exact) mass is 379 g/mol. The molecule has 4 rings (SSSR count). The van der Waals surface area contributed by atoms with Crippen molar-refractivity contribution in [2.24, 2.45) is 4.99 Å². The van der Waals surface area contributed by atoms with Crippen molar-refractivity contribution in [2.75, 3.05) is 13.7 Å². The molecule has 0 saturated carbocycles. The van der Waals surface area contributed by atoms with Crippen molar-refractivity contribution in [1.82, 2.24) is 0 Å². The van der Waals surface area contributed by atoms with Crippen LogP contribution >= 0.6 is 11.3 Å². The van der Waals surface area contributed by atoms with Gasteiger partial charge in [0.05, 0.1) is 19.3 Å². The Kier molecular flexibility index (Phi) is 4.94. The van der Waals surface area contributed by atoms with Crippen LogP contribution in [0.3, 0.4) is 0 Å². The lowest BCUT2D eigenvalue weighted by molar-refractivity contribution is 0.0527. The molecule has 1 heterocycles. The lowest BCUT2D eigenvalue weighted by Crippen LogP contribution is -2.06. The molecule has 1 aliphatic rings. The van der Waals surface area contributed by atoms with Gasteiger partial charge in [-0.25, -0.2) is 9.79 Å². The summed E-state index contributed by atoms with van der Waals surface area (Å²) in [5.41, 5.74) is 2.68. The van der Waals surface area contributed by atoms with Gasteiger partial charge in [-0.1, -0.05) is 30.3 Å². The molecule has 138 valence electrons. The number of hydrogen-bond acceptors (Lipinski definition) is 5. The van der Waals surface area contributed by atoms with E-state index < -0.39 is 0 Å². The number of rotatable bonds is 5. The zero-order valence-electron chi connectivity index (χ0n) is 15.5. The van der Waals surface area contributed by atoms with Crippen molar-refractivity contribution in [3.05, 3.63) is 58.0 Å². The third-order valence-corrected chi connectivity index (χ3v) is 6.04. The number of esters is 1. The molecular weight excluding hydrogens is 358 g/mol. The van der Waals surface area contributed by atoms with Crippen LogP contribution in [0.5, 0.6) is 5.75 Å². The number of benzene rings is 2. The van der Waals surface area contributed by atoms with E-state index in [1.807, 2.05) is 37.4 Å². The van der Waals surface area contributed by atoms with E-state index >= 15 is 0 Å². The number of nitrogens with zero attached hydrogens (tertiary/aromatic N) is 1. The van der Waals surface area contributed by atoms with E-state index in [4.69, 9.17) is 14.5 Å². The Morgan fingerprint density at radius 3 is 2.89 bits per heavy atom. The van der Waals surface area contributed by atoms with E-state index in [0.29, 0.717) is 12.2 Å². The Hall–Kier alpha value is -2.66. The van der Waals surface area contributed by atoms with Gasteiger partial charge in [0.25, 0.3) is 0 Å². The predicted molar refractivity (Wildman–Crippen MR) is 110 cm³/mol. The SMILES string of the molecule is CCOC(=O)c1c(N=Cc2c(OC)ccc3ccccc23)sc2c1CCC2. The first-order valence-electron chi connectivity index (χ1n) is 9.14. The van der Waals surface area contributed by atoms with Gasteiger partial charge in [-0.3, -0.25) is 0 Å². The molecule has 0 radical (unpaired) electrons. The second-order valence-electron chi connectivity index (χ2n) is 6.42. The fourth-order valence-corrected chi connectivity index (χ4v) is 4.83. The number of carbonyl (C=O) groups excluding carboxylic acids is 1. The zero-order valence-corrected chi connectivity index (χ0v) is 16.3. The molecule has 0 saturated heterocycles. The molecule has 1 aliphatic carbocycles. The molecule has 1 aromatic heterocycles. The first-order valence-corrected chi connectivity index (χ1v) is 9.96. The van der Waals surface area contributed by atoms with Crippen LogP contribution in [0.15, 0.2) is 41.4 Å². The summed E-state index contributed by atoms with van der Waals surface area (Å²) in [7, 11) is 1.66. The molecule has 0 aliphatic heterocycles. The van der Waals surface area contributed by atoms with Crippen molar-refractivity contribution in [3.8, 4) is 5.75 Å². The van der Waals surface area contributed by atoms with E-state index in [9.17, 15) is 4.79 Å². The minimum atomic E-state index is -0.270. The molecule has 27 heavy (non-hydrogen) atoms. The summed E-state index contributed by atoms with van der Waals surface area (Å²) in [5, 5.41) is 2.93. The number of carbonyl (C=O) groups is 1. The van der Waals surface area contributed by atoms with Crippen LogP contribution in [-0.4, -0.2) is 25.9 Å². The van der Waals surface area contributed by atoms with Gasteiger partial charge in [0.15, 0.2) is 0 Å². The highest BCUT2D eigenvalue weighted by atomic mass is 32.1. The van der Waals surface area contributed by atoms with Crippen LogP contribution in [0.4, 0.5) is 5.00 Å². The molecule has 2 aromatic carbocycles. The van der Waals surface area contributed by atoms with Crippen LogP contribution in [0.1, 0.15) is 39.7 Å². The van der Waals surface area contributed by atoms with Crippen LogP contribution in [-0.2, 0) is 17.6 Å². The van der Waals surface area contributed by atoms with Crippen molar-refractivity contribution < 1.29 is 14.3 Å².